The molecule has 2 fully saturated rings. The summed E-state index contributed by atoms with van der Waals surface area (Å²) < 4.78 is 0. The van der Waals surface area contributed by atoms with Crippen LogP contribution < -0.4 is 4.90 Å². The Hall–Kier alpha value is -0.570. The minimum Gasteiger partial charge on any atom is -0.353 e. The second-order valence-electron chi connectivity index (χ2n) is 5.57. The van der Waals surface area contributed by atoms with Gasteiger partial charge in [0.15, 0.2) is 0 Å². The molecular weight excluding hydrogens is 288 g/mol. The van der Waals surface area contributed by atoms with E-state index < -0.39 is 0 Å². The maximum atomic E-state index is 4.66. The summed E-state index contributed by atoms with van der Waals surface area (Å²) >= 11 is 3.60. The molecular formula is C15H21BrN2. The van der Waals surface area contributed by atoms with Crippen molar-refractivity contribution in [1.82, 2.24) is 4.98 Å². The Balaban J connectivity index is 1.89. The van der Waals surface area contributed by atoms with Gasteiger partial charge in [0.05, 0.1) is 0 Å². The summed E-state index contributed by atoms with van der Waals surface area (Å²) in [7, 11) is 0. The van der Waals surface area contributed by atoms with Crippen molar-refractivity contribution in [3.05, 3.63) is 23.9 Å². The van der Waals surface area contributed by atoms with Gasteiger partial charge in [-0.15, -0.1) is 0 Å². The largest absolute Gasteiger partial charge is 0.353 e. The topological polar surface area (TPSA) is 16.1 Å². The fourth-order valence-electron chi connectivity index (χ4n) is 3.68. The van der Waals surface area contributed by atoms with Crippen LogP contribution in [0.3, 0.4) is 0 Å². The lowest BCUT2D eigenvalue weighted by atomic mass is 9.78. The highest BCUT2D eigenvalue weighted by atomic mass is 79.9. The first-order chi connectivity index (χ1) is 8.90. The molecule has 0 unspecified atom stereocenters. The van der Waals surface area contributed by atoms with Gasteiger partial charge in [-0.1, -0.05) is 34.8 Å². The predicted octanol–water partition coefficient (Wildman–Crippen LogP) is 4.14. The Morgan fingerprint density at radius 2 is 2.06 bits per heavy atom. The molecule has 2 heterocycles. The standard InChI is InChI=1S/C15H21BrN2/c16-11-13-6-3-9-17-15(13)18-10-4-7-12-5-1-2-8-14(12)18/h3,6,9,12,14H,1-2,4-5,7-8,10-11H2/t12-,14-/m1/s1. The van der Waals surface area contributed by atoms with Gasteiger partial charge in [0.25, 0.3) is 0 Å². The van der Waals surface area contributed by atoms with Crippen molar-refractivity contribution >= 4 is 21.7 Å². The first-order valence-electron chi connectivity index (χ1n) is 7.16. The van der Waals surface area contributed by atoms with E-state index in [1.807, 2.05) is 12.3 Å². The van der Waals surface area contributed by atoms with Crippen molar-refractivity contribution in [3.8, 4) is 0 Å². The minimum absolute atomic E-state index is 0.750. The lowest BCUT2D eigenvalue weighted by Crippen LogP contribution is -2.47. The highest BCUT2D eigenvalue weighted by Crippen LogP contribution is 2.38. The number of pyridine rings is 1. The molecule has 0 amide bonds. The van der Waals surface area contributed by atoms with Crippen LogP contribution in [0.4, 0.5) is 5.82 Å². The number of rotatable bonds is 2. The third-order valence-corrected chi connectivity index (χ3v) is 5.13. The monoisotopic (exact) mass is 308 g/mol. The van der Waals surface area contributed by atoms with Crippen molar-refractivity contribution in [1.29, 1.82) is 0 Å². The molecule has 0 aromatic carbocycles. The molecule has 1 saturated carbocycles. The molecule has 1 aromatic rings. The molecule has 1 saturated heterocycles. The second kappa shape index (κ2) is 5.60. The Bertz CT molecular complexity index is 405. The molecule has 18 heavy (non-hydrogen) atoms. The zero-order valence-corrected chi connectivity index (χ0v) is 12.4. The Morgan fingerprint density at radius 3 is 2.94 bits per heavy atom. The zero-order chi connectivity index (χ0) is 12.4. The molecule has 98 valence electrons. The lowest BCUT2D eigenvalue weighted by Gasteiger charge is -2.45. The number of hydrogen-bond donors (Lipinski definition) is 0. The highest BCUT2D eigenvalue weighted by molar-refractivity contribution is 9.08. The first kappa shape index (κ1) is 12.5. The van der Waals surface area contributed by atoms with E-state index in [9.17, 15) is 0 Å². The lowest BCUT2D eigenvalue weighted by molar-refractivity contribution is 0.242. The van der Waals surface area contributed by atoms with E-state index in [0.29, 0.717) is 0 Å². The maximum absolute atomic E-state index is 4.66. The van der Waals surface area contributed by atoms with E-state index in [1.54, 1.807) is 0 Å². The van der Waals surface area contributed by atoms with Gasteiger partial charge in [0.1, 0.15) is 5.82 Å². The fourth-order valence-corrected chi connectivity index (χ4v) is 4.12. The van der Waals surface area contributed by atoms with E-state index in [2.05, 4.69) is 31.9 Å². The number of alkyl halides is 1. The molecule has 1 aliphatic heterocycles. The molecule has 1 aromatic heterocycles. The second-order valence-corrected chi connectivity index (χ2v) is 6.13. The third-order valence-electron chi connectivity index (χ3n) is 4.53. The smallest absolute Gasteiger partial charge is 0.132 e. The molecule has 0 bridgehead atoms. The zero-order valence-electron chi connectivity index (χ0n) is 10.8. The molecule has 0 N–H and O–H groups in total. The number of fused-ring (bicyclic) bond motifs is 1. The number of anilines is 1. The van der Waals surface area contributed by atoms with Gasteiger partial charge in [-0.3, -0.25) is 0 Å². The van der Waals surface area contributed by atoms with Gasteiger partial charge in [-0.25, -0.2) is 4.98 Å². The van der Waals surface area contributed by atoms with Crippen LogP contribution in [0.1, 0.15) is 44.1 Å². The van der Waals surface area contributed by atoms with Crippen LogP contribution in [-0.4, -0.2) is 17.6 Å². The molecule has 2 nitrogen and oxygen atoms in total. The van der Waals surface area contributed by atoms with E-state index in [1.165, 1.54) is 56.5 Å². The molecule has 1 aliphatic carbocycles. The molecule has 2 atom stereocenters. The molecule has 2 aliphatic rings. The van der Waals surface area contributed by atoms with Crippen LogP contribution in [0.15, 0.2) is 18.3 Å². The summed E-state index contributed by atoms with van der Waals surface area (Å²) in [5, 5.41) is 0.907. The number of halogens is 1. The Kier molecular flexibility index (Phi) is 3.88. The number of nitrogens with zero attached hydrogens (tertiary/aromatic N) is 2. The van der Waals surface area contributed by atoms with E-state index >= 15 is 0 Å². The summed E-state index contributed by atoms with van der Waals surface area (Å²) in [5.41, 5.74) is 1.34. The number of piperidine rings is 1. The van der Waals surface area contributed by atoms with Gasteiger partial charge in [-0.05, 0) is 37.7 Å². The first-order valence-corrected chi connectivity index (χ1v) is 8.29. The molecule has 3 rings (SSSR count). The van der Waals surface area contributed by atoms with Gasteiger partial charge in [0, 0.05) is 29.7 Å². The maximum Gasteiger partial charge on any atom is 0.132 e. The summed E-state index contributed by atoms with van der Waals surface area (Å²) in [5.74, 6) is 2.14. The Labute approximate surface area is 118 Å². The average molecular weight is 309 g/mol. The van der Waals surface area contributed by atoms with E-state index in [0.717, 1.165) is 17.3 Å². The molecule has 0 radical (unpaired) electrons. The Morgan fingerprint density at radius 1 is 1.22 bits per heavy atom. The van der Waals surface area contributed by atoms with Gasteiger partial charge in [-0.2, -0.15) is 0 Å². The van der Waals surface area contributed by atoms with Crippen LogP contribution in [0.2, 0.25) is 0 Å². The van der Waals surface area contributed by atoms with Gasteiger partial charge < -0.3 is 4.90 Å². The normalized spacial score (nSPS) is 27.9. The van der Waals surface area contributed by atoms with Crippen LogP contribution in [0.5, 0.6) is 0 Å². The summed E-state index contributed by atoms with van der Waals surface area (Å²) in [6, 6.07) is 4.99. The van der Waals surface area contributed by atoms with Crippen LogP contribution in [-0.2, 0) is 5.33 Å². The van der Waals surface area contributed by atoms with Crippen molar-refractivity contribution in [2.24, 2.45) is 5.92 Å². The summed E-state index contributed by atoms with van der Waals surface area (Å²) in [6.45, 7) is 1.19. The van der Waals surface area contributed by atoms with Crippen molar-refractivity contribution < 1.29 is 0 Å². The van der Waals surface area contributed by atoms with E-state index in [4.69, 9.17) is 0 Å². The predicted molar refractivity (Wildman–Crippen MR) is 79.2 cm³/mol. The number of hydrogen-bond acceptors (Lipinski definition) is 2. The van der Waals surface area contributed by atoms with Crippen molar-refractivity contribution in [2.45, 2.75) is 49.9 Å². The average Bonchev–Trinajstić information content (AvgIpc) is 2.46. The van der Waals surface area contributed by atoms with Crippen LogP contribution >= 0.6 is 15.9 Å². The number of aromatic nitrogens is 1. The SMILES string of the molecule is BrCc1cccnc1N1CCC[C@H]2CCCC[C@H]21. The van der Waals surface area contributed by atoms with E-state index in [-0.39, 0.29) is 0 Å². The van der Waals surface area contributed by atoms with Crippen LogP contribution in [0.25, 0.3) is 0 Å². The summed E-state index contributed by atoms with van der Waals surface area (Å²) in [6.07, 6.45) is 10.3. The van der Waals surface area contributed by atoms with Crippen molar-refractivity contribution in [2.75, 3.05) is 11.4 Å². The molecule has 3 heteroatoms. The van der Waals surface area contributed by atoms with Crippen molar-refractivity contribution in [3.63, 3.8) is 0 Å². The fraction of sp³-hybridized carbons (Fsp3) is 0.667. The molecule has 0 spiro atoms. The third kappa shape index (κ3) is 2.29. The highest BCUT2D eigenvalue weighted by Gasteiger charge is 2.34. The quantitative estimate of drug-likeness (QED) is 0.764. The minimum atomic E-state index is 0.750. The van der Waals surface area contributed by atoms with Gasteiger partial charge in [0.2, 0.25) is 0 Å². The van der Waals surface area contributed by atoms with Crippen LogP contribution in [0, 0.1) is 5.92 Å². The summed E-state index contributed by atoms with van der Waals surface area (Å²) in [4.78, 5) is 7.26. The van der Waals surface area contributed by atoms with Gasteiger partial charge >= 0.3 is 0 Å².